The molecule has 1 aliphatic rings. The summed E-state index contributed by atoms with van der Waals surface area (Å²) < 4.78 is 0. The third kappa shape index (κ3) is 5.36. The van der Waals surface area contributed by atoms with Crippen LogP contribution in [-0.4, -0.2) is 30.6 Å². The summed E-state index contributed by atoms with van der Waals surface area (Å²) >= 11 is 0. The van der Waals surface area contributed by atoms with Gasteiger partial charge in [0.05, 0.1) is 6.61 Å². The maximum Gasteiger partial charge on any atom is 2.00 e. The first-order valence-corrected chi connectivity index (χ1v) is 5.95. The Morgan fingerprint density at radius 2 is 1.80 bits per heavy atom. The van der Waals surface area contributed by atoms with Crippen LogP contribution in [0.4, 0.5) is 0 Å². The van der Waals surface area contributed by atoms with Gasteiger partial charge >= 0.3 is 21.7 Å². The van der Waals surface area contributed by atoms with Gasteiger partial charge in [0.15, 0.2) is 0 Å². The van der Waals surface area contributed by atoms with Crippen LogP contribution in [0.2, 0.25) is 0 Å². The Morgan fingerprint density at radius 3 is 2.40 bits per heavy atom. The van der Waals surface area contributed by atoms with Crippen molar-refractivity contribution in [3.63, 3.8) is 0 Å². The first-order chi connectivity index (χ1) is 8.22. The molecule has 0 atom stereocenters. The standard InChI is InChI=1S/C15H19NO.2ClH.Ti/c1-16(2)10-12-7-5-9-14(12)15-8-4-3-6-13(15)11-17;;;/h3-8,17H,9-11H2,1-2H3;2*1H;/q;;;+2/p-2. The molecule has 1 aromatic rings. The Balaban J connectivity index is 0. The van der Waals surface area contributed by atoms with Gasteiger partial charge in [-0.25, -0.2) is 0 Å². The minimum Gasteiger partial charge on any atom is -1.00 e. The minimum atomic E-state index is 0. The van der Waals surface area contributed by atoms with Crippen LogP contribution in [0.3, 0.4) is 0 Å². The summed E-state index contributed by atoms with van der Waals surface area (Å²) in [5.74, 6) is 0. The van der Waals surface area contributed by atoms with Gasteiger partial charge in [-0.15, -0.1) is 0 Å². The van der Waals surface area contributed by atoms with Crippen molar-refractivity contribution in [3.05, 3.63) is 53.1 Å². The van der Waals surface area contributed by atoms with E-state index in [1.165, 1.54) is 16.7 Å². The van der Waals surface area contributed by atoms with Crippen molar-refractivity contribution in [2.45, 2.75) is 13.0 Å². The zero-order chi connectivity index (χ0) is 12.3. The molecule has 0 fully saturated rings. The van der Waals surface area contributed by atoms with E-state index >= 15 is 0 Å². The molecule has 0 saturated heterocycles. The smallest absolute Gasteiger partial charge is 1.00 e. The van der Waals surface area contributed by atoms with Gasteiger partial charge < -0.3 is 34.8 Å². The molecule has 108 valence electrons. The van der Waals surface area contributed by atoms with E-state index in [-0.39, 0.29) is 53.1 Å². The van der Waals surface area contributed by atoms with Crippen molar-refractivity contribution >= 4 is 5.57 Å². The van der Waals surface area contributed by atoms with Crippen molar-refractivity contribution in [2.75, 3.05) is 20.6 Å². The second-order valence-corrected chi connectivity index (χ2v) is 4.66. The summed E-state index contributed by atoms with van der Waals surface area (Å²) in [5.41, 5.74) is 4.92. The van der Waals surface area contributed by atoms with Gasteiger partial charge in [0.1, 0.15) is 0 Å². The average Bonchev–Trinajstić information content (AvgIpc) is 2.76. The topological polar surface area (TPSA) is 23.5 Å². The van der Waals surface area contributed by atoms with Crippen LogP contribution in [0.15, 0.2) is 42.0 Å². The molecule has 0 heterocycles. The molecule has 0 unspecified atom stereocenters. The van der Waals surface area contributed by atoms with Crippen LogP contribution in [0, 0.1) is 0 Å². The number of hydrogen-bond acceptors (Lipinski definition) is 2. The molecule has 0 aliphatic heterocycles. The van der Waals surface area contributed by atoms with Crippen molar-refractivity contribution in [1.82, 2.24) is 4.90 Å². The molecule has 0 amide bonds. The third-order valence-corrected chi connectivity index (χ3v) is 3.03. The van der Waals surface area contributed by atoms with E-state index in [0.29, 0.717) is 0 Å². The van der Waals surface area contributed by atoms with Crippen LogP contribution >= 0.6 is 0 Å². The monoisotopic (exact) mass is 347 g/mol. The zero-order valence-corrected chi connectivity index (χ0v) is 14.8. The summed E-state index contributed by atoms with van der Waals surface area (Å²) in [6, 6.07) is 8.11. The number of aliphatic hydroxyl groups is 1. The van der Waals surface area contributed by atoms with Crippen LogP contribution < -0.4 is 24.8 Å². The van der Waals surface area contributed by atoms with Crippen LogP contribution in [0.5, 0.6) is 0 Å². The molecule has 2 rings (SSSR count). The van der Waals surface area contributed by atoms with E-state index in [2.05, 4.69) is 37.2 Å². The Kier molecular flexibility index (Phi) is 11.8. The number of rotatable bonds is 4. The fourth-order valence-electron chi connectivity index (χ4n) is 2.28. The van der Waals surface area contributed by atoms with E-state index in [1.54, 1.807) is 0 Å². The molecule has 0 aromatic heterocycles. The molecule has 5 heteroatoms. The predicted molar refractivity (Wildman–Crippen MR) is 71.6 cm³/mol. The first-order valence-electron chi connectivity index (χ1n) is 5.95. The SMILES string of the molecule is CN(C)CC1=C(c2ccccc2CO)CC=C1.[Cl-].[Cl-].[Ti+2]. The Labute approximate surface area is 148 Å². The van der Waals surface area contributed by atoms with Gasteiger partial charge in [0.2, 0.25) is 0 Å². The maximum atomic E-state index is 9.39. The van der Waals surface area contributed by atoms with Gasteiger partial charge in [0, 0.05) is 6.54 Å². The first kappa shape index (κ1) is 22.2. The predicted octanol–water partition coefficient (Wildman–Crippen LogP) is -3.54. The summed E-state index contributed by atoms with van der Waals surface area (Å²) in [6.07, 6.45) is 5.37. The number of hydrogen-bond donors (Lipinski definition) is 1. The quantitative estimate of drug-likeness (QED) is 0.570. The van der Waals surface area contributed by atoms with Crippen molar-refractivity contribution in [2.24, 2.45) is 0 Å². The number of nitrogens with zero attached hydrogens (tertiary/aromatic N) is 1. The largest absolute Gasteiger partial charge is 2.00 e. The Bertz CT molecular complexity index is 473. The number of benzene rings is 1. The molecular formula is C15H19Cl2NOTi. The summed E-state index contributed by atoms with van der Waals surface area (Å²) in [6.45, 7) is 1.06. The van der Waals surface area contributed by atoms with Gasteiger partial charge in [-0.2, -0.15) is 0 Å². The van der Waals surface area contributed by atoms with Crippen molar-refractivity contribution in [1.29, 1.82) is 0 Å². The zero-order valence-electron chi connectivity index (χ0n) is 11.7. The molecule has 1 N–H and O–H groups in total. The summed E-state index contributed by atoms with van der Waals surface area (Å²) in [5, 5.41) is 9.39. The summed E-state index contributed by atoms with van der Waals surface area (Å²) in [4.78, 5) is 2.17. The Morgan fingerprint density at radius 1 is 1.15 bits per heavy atom. The molecule has 0 spiro atoms. The van der Waals surface area contributed by atoms with E-state index in [4.69, 9.17) is 0 Å². The number of likely N-dealkylation sites (N-methyl/N-ethyl adjacent to an activating group) is 1. The van der Waals surface area contributed by atoms with Gasteiger partial charge in [0.25, 0.3) is 0 Å². The maximum absolute atomic E-state index is 9.39. The number of halogens is 2. The molecule has 0 radical (unpaired) electrons. The van der Waals surface area contributed by atoms with E-state index in [0.717, 1.165) is 18.5 Å². The average molecular weight is 348 g/mol. The number of allylic oxidation sites excluding steroid dienone is 2. The molecular weight excluding hydrogens is 329 g/mol. The molecule has 2 nitrogen and oxygen atoms in total. The van der Waals surface area contributed by atoms with E-state index in [1.807, 2.05) is 18.2 Å². The molecule has 1 aromatic carbocycles. The van der Waals surface area contributed by atoms with E-state index < -0.39 is 0 Å². The second kappa shape index (κ2) is 10.6. The summed E-state index contributed by atoms with van der Waals surface area (Å²) in [7, 11) is 4.16. The Hall–Kier alpha value is -0.0857. The molecule has 0 bridgehead atoms. The van der Waals surface area contributed by atoms with Crippen LogP contribution in [0.1, 0.15) is 17.5 Å². The second-order valence-electron chi connectivity index (χ2n) is 4.66. The molecule has 20 heavy (non-hydrogen) atoms. The molecule has 0 saturated carbocycles. The van der Waals surface area contributed by atoms with Crippen molar-refractivity contribution < 1.29 is 51.6 Å². The van der Waals surface area contributed by atoms with Gasteiger partial charge in [-0.3, -0.25) is 0 Å². The van der Waals surface area contributed by atoms with Gasteiger partial charge in [-0.05, 0) is 42.8 Å². The fourth-order valence-corrected chi connectivity index (χ4v) is 2.28. The van der Waals surface area contributed by atoms with Crippen LogP contribution in [0.25, 0.3) is 5.57 Å². The minimum absolute atomic E-state index is 0. The molecule has 1 aliphatic carbocycles. The van der Waals surface area contributed by atoms with Crippen molar-refractivity contribution in [3.8, 4) is 0 Å². The van der Waals surface area contributed by atoms with Gasteiger partial charge in [-0.1, -0.05) is 36.4 Å². The fraction of sp³-hybridized carbons (Fsp3) is 0.333. The van der Waals surface area contributed by atoms with E-state index in [9.17, 15) is 5.11 Å². The normalized spacial score (nSPS) is 12.8. The third-order valence-electron chi connectivity index (χ3n) is 3.03. The number of aliphatic hydroxyl groups excluding tert-OH is 1. The van der Waals surface area contributed by atoms with Crippen LogP contribution in [-0.2, 0) is 28.3 Å².